The van der Waals surface area contributed by atoms with E-state index in [0.717, 1.165) is 32.6 Å². The predicted octanol–water partition coefficient (Wildman–Crippen LogP) is 1.41. The highest BCUT2D eigenvalue weighted by Gasteiger charge is 2.10. The summed E-state index contributed by atoms with van der Waals surface area (Å²) < 4.78 is 5.25. The van der Waals surface area contributed by atoms with Crippen molar-refractivity contribution in [3.63, 3.8) is 0 Å². The quantitative estimate of drug-likeness (QED) is 0.557. The summed E-state index contributed by atoms with van der Waals surface area (Å²) in [6, 6.07) is 0.432. The molecular weight excluding hydrogens is 178 g/mol. The molecule has 0 saturated carbocycles. The highest BCUT2D eigenvalue weighted by molar-refractivity contribution is 4.69. The first-order valence-corrected chi connectivity index (χ1v) is 5.64. The zero-order valence-corrected chi connectivity index (χ0v) is 9.75. The number of ether oxygens (including phenoxy) is 1. The fourth-order valence-corrected chi connectivity index (χ4v) is 1.42. The molecule has 0 aromatic carbocycles. The lowest BCUT2D eigenvalue weighted by atomic mass is 10.0. The summed E-state index contributed by atoms with van der Waals surface area (Å²) in [5, 5.41) is 12.3. The normalized spacial score (nSPS) is 13.5. The highest BCUT2D eigenvalue weighted by Crippen LogP contribution is 2.05. The van der Waals surface area contributed by atoms with E-state index in [2.05, 4.69) is 19.2 Å². The van der Waals surface area contributed by atoms with Crippen LogP contribution in [0.15, 0.2) is 0 Å². The number of hydrogen-bond acceptors (Lipinski definition) is 3. The van der Waals surface area contributed by atoms with Crippen LogP contribution in [-0.2, 0) is 4.74 Å². The van der Waals surface area contributed by atoms with E-state index in [1.165, 1.54) is 0 Å². The third kappa shape index (κ3) is 7.30. The van der Waals surface area contributed by atoms with Crippen molar-refractivity contribution < 1.29 is 9.84 Å². The molecule has 3 nitrogen and oxygen atoms in total. The summed E-state index contributed by atoms with van der Waals surface area (Å²) in [5.41, 5.74) is 0. The molecule has 3 heteroatoms. The molecule has 0 spiro atoms. The predicted molar refractivity (Wildman–Crippen MR) is 59.4 cm³/mol. The van der Waals surface area contributed by atoms with Gasteiger partial charge in [0.05, 0.1) is 0 Å². The first-order chi connectivity index (χ1) is 6.72. The minimum Gasteiger partial charge on any atom is -0.396 e. The average Bonchev–Trinajstić information content (AvgIpc) is 2.15. The summed E-state index contributed by atoms with van der Waals surface area (Å²) in [4.78, 5) is 0. The van der Waals surface area contributed by atoms with Crippen LogP contribution < -0.4 is 5.32 Å². The fraction of sp³-hybridized carbons (Fsp3) is 1.00. The maximum Gasteiger partial charge on any atom is 0.0477 e. The van der Waals surface area contributed by atoms with Crippen molar-refractivity contribution in [2.24, 2.45) is 5.92 Å². The Kier molecular flexibility index (Phi) is 9.35. The van der Waals surface area contributed by atoms with Gasteiger partial charge in [-0.25, -0.2) is 0 Å². The Morgan fingerprint density at radius 2 is 2.07 bits per heavy atom. The minimum absolute atomic E-state index is 0.265. The zero-order chi connectivity index (χ0) is 10.8. The Bertz CT molecular complexity index is 118. The lowest BCUT2D eigenvalue weighted by molar-refractivity contribution is 0.142. The Balaban J connectivity index is 3.41. The second-order valence-corrected chi connectivity index (χ2v) is 3.87. The van der Waals surface area contributed by atoms with Crippen LogP contribution in [0.25, 0.3) is 0 Å². The molecule has 0 aliphatic rings. The molecule has 0 aromatic heterocycles. The number of rotatable bonds is 9. The molecule has 2 N–H and O–H groups in total. The molecular formula is C11H25NO2. The van der Waals surface area contributed by atoms with Crippen LogP contribution in [0.3, 0.4) is 0 Å². The third-order valence-corrected chi connectivity index (χ3v) is 2.32. The summed E-state index contributed by atoms with van der Waals surface area (Å²) >= 11 is 0. The van der Waals surface area contributed by atoms with Crippen molar-refractivity contribution in [3.8, 4) is 0 Å². The van der Waals surface area contributed by atoms with Crippen molar-refractivity contribution >= 4 is 0 Å². The van der Waals surface area contributed by atoms with E-state index in [1.807, 2.05) is 6.92 Å². The summed E-state index contributed by atoms with van der Waals surface area (Å²) in [6.45, 7) is 9.23. The van der Waals surface area contributed by atoms with Gasteiger partial charge >= 0.3 is 0 Å². The first-order valence-electron chi connectivity index (χ1n) is 5.64. The van der Waals surface area contributed by atoms with Gasteiger partial charge < -0.3 is 15.2 Å². The third-order valence-electron chi connectivity index (χ3n) is 2.32. The van der Waals surface area contributed by atoms with Gasteiger partial charge in [0, 0.05) is 25.9 Å². The van der Waals surface area contributed by atoms with Gasteiger partial charge in [-0.1, -0.05) is 13.8 Å². The van der Waals surface area contributed by atoms with Crippen LogP contribution in [-0.4, -0.2) is 37.5 Å². The fourth-order valence-electron chi connectivity index (χ4n) is 1.42. The van der Waals surface area contributed by atoms with Crippen LogP contribution in [0, 0.1) is 5.92 Å². The molecule has 0 aliphatic carbocycles. The van der Waals surface area contributed by atoms with Gasteiger partial charge in [-0.05, 0) is 32.2 Å². The van der Waals surface area contributed by atoms with E-state index in [1.54, 1.807) is 0 Å². The van der Waals surface area contributed by atoms with Crippen molar-refractivity contribution in [2.75, 3.05) is 26.4 Å². The van der Waals surface area contributed by atoms with E-state index in [0.29, 0.717) is 12.0 Å². The van der Waals surface area contributed by atoms with Crippen LogP contribution >= 0.6 is 0 Å². The molecule has 1 atom stereocenters. The van der Waals surface area contributed by atoms with Gasteiger partial charge in [-0.3, -0.25) is 0 Å². The number of hydrogen-bond donors (Lipinski definition) is 2. The number of nitrogens with one attached hydrogen (secondary N) is 1. The van der Waals surface area contributed by atoms with E-state index >= 15 is 0 Å². The summed E-state index contributed by atoms with van der Waals surface area (Å²) in [5.74, 6) is 0.578. The smallest absolute Gasteiger partial charge is 0.0477 e. The van der Waals surface area contributed by atoms with Crippen molar-refractivity contribution in [1.29, 1.82) is 0 Å². The largest absolute Gasteiger partial charge is 0.396 e. The van der Waals surface area contributed by atoms with Crippen LogP contribution in [0.2, 0.25) is 0 Å². The lowest BCUT2D eigenvalue weighted by Crippen LogP contribution is -2.35. The molecule has 0 fully saturated rings. The number of aliphatic hydroxyl groups excluding tert-OH is 1. The second-order valence-electron chi connectivity index (χ2n) is 3.87. The van der Waals surface area contributed by atoms with Crippen molar-refractivity contribution in [2.45, 2.75) is 39.7 Å². The zero-order valence-electron chi connectivity index (χ0n) is 9.75. The molecule has 0 aliphatic heterocycles. The standard InChI is InChI=1S/C11H25NO2/c1-4-14-9-5-7-12-11(6-8-13)10(2)3/h10-13H,4-9H2,1-3H3. The van der Waals surface area contributed by atoms with E-state index in [-0.39, 0.29) is 6.61 Å². The molecule has 0 radical (unpaired) electrons. The summed E-state index contributed by atoms with van der Waals surface area (Å²) in [6.07, 6.45) is 1.88. The Labute approximate surface area is 87.8 Å². The Morgan fingerprint density at radius 3 is 2.57 bits per heavy atom. The SMILES string of the molecule is CCOCCCNC(CCO)C(C)C. The van der Waals surface area contributed by atoms with Gasteiger partial charge in [-0.2, -0.15) is 0 Å². The average molecular weight is 203 g/mol. The first kappa shape index (κ1) is 13.9. The van der Waals surface area contributed by atoms with Gasteiger partial charge in [0.1, 0.15) is 0 Å². The van der Waals surface area contributed by atoms with Crippen LogP contribution in [0.5, 0.6) is 0 Å². The Hall–Kier alpha value is -0.120. The molecule has 0 rings (SSSR count). The molecule has 0 bridgehead atoms. The van der Waals surface area contributed by atoms with Gasteiger partial charge in [-0.15, -0.1) is 0 Å². The molecule has 0 heterocycles. The lowest BCUT2D eigenvalue weighted by Gasteiger charge is -2.21. The van der Waals surface area contributed by atoms with Crippen LogP contribution in [0.4, 0.5) is 0 Å². The molecule has 0 saturated heterocycles. The number of aliphatic hydroxyl groups is 1. The Morgan fingerprint density at radius 1 is 1.36 bits per heavy atom. The van der Waals surface area contributed by atoms with Gasteiger partial charge in [0.25, 0.3) is 0 Å². The van der Waals surface area contributed by atoms with E-state index < -0.39 is 0 Å². The topological polar surface area (TPSA) is 41.5 Å². The highest BCUT2D eigenvalue weighted by atomic mass is 16.5. The van der Waals surface area contributed by atoms with Crippen LogP contribution in [0.1, 0.15) is 33.6 Å². The summed E-state index contributed by atoms with van der Waals surface area (Å²) in [7, 11) is 0. The van der Waals surface area contributed by atoms with Crippen molar-refractivity contribution in [1.82, 2.24) is 5.32 Å². The molecule has 0 amide bonds. The van der Waals surface area contributed by atoms with Gasteiger partial charge in [0.2, 0.25) is 0 Å². The minimum atomic E-state index is 0.265. The monoisotopic (exact) mass is 203 g/mol. The molecule has 14 heavy (non-hydrogen) atoms. The molecule has 1 unspecified atom stereocenters. The van der Waals surface area contributed by atoms with Crippen molar-refractivity contribution in [3.05, 3.63) is 0 Å². The molecule has 86 valence electrons. The van der Waals surface area contributed by atoms with E-state index in [4.69, 9.17) is 9.84 Å². The second kappa shape index (κ2) is 9.44. The maximum absolute atomic E-state index is 8.86. The van der Waals surface area contributed by atoms with Gasteiger partial charge in [0.15, 0.2) is 0 Å². The molecule has 0 aromatic rings. The maximum atomic E-state index is 8.86. The van der Waals surface area contributed by atoms with E-state index in [9.17, 15) is 0 Å².